The van der Waals surface area contributed by atoms with Crippen LogP contribution >= 0.6 is 11.8 Å². The molecule has 0 radical (unpaired) electrons. The topological polar surface area (TPSA) is 123 Å². The van der Waals surface area contributed by atoms with Crippen molar-refractivity contribution in [1.29, 1.82) is 0 Å². The van der Waals surface area contributed by atoms with Crippen molar-refractivity contribution in [3.05, 3.63) is 57.5 Å². The van der Waals surface area contributed by atoms with Gasteiger partial charge in [0, 0.05) is 42.7 Å². The highest BCUT2D eigenvalue weighted by molar-refractivity contribution is 8.14. The smallest absolute Gasteiger partial charge is 0.278 e. The Hall–Kier alpha value is -3.47. The molecule has 1 fully saturated rings. The van der Waals surface area contributed by atoms with Gasteiger partial charge < -0.3 is 5.32 Å². The number of carbonyl (C=O) groups excluding carboxylic acids is 2. The second kappa shape index (κ2) is 8.34. The third-order valence-electron chi connectivity index (χ3n) is 4.79. The van der Waals surface area contributed by atoms with Gasteiger partial charge in [0.1, 0.15) is 5.70 Å². The van der Waals surface area contributed by atoms with Crippen molar-refractivity contribution in [2.75, 3.05) is 11.1 Å². The number of anilines is 1. The summed E-state index contributed by atoms with van der Waals surface area (Å²) in [6.07, 6.45) is 5.36. The van der Waals surface area contributed by atoms with Crippen molar-refractivity contribution in [1.82, 2.24) is 14.7 Å². The molecule has 10 nitrogen and oxygen atoms in total. The molecule has 2 aliphatic rings. The molecule has 0 atom stereocenters. The second-order valence-corrected chi connectivity index (χ2v) is 8.26. The first kappa shape index (κ1) is 20.8. The lowest BCUT2D eigenvalue weighted by atomic mass is 10.2. The molecule has 2 amide bonds. The number of rotatable bonds is 6. The minimum Gasteiger partial charge on any atom is -0.325 e. The lowest BCUT2D eigenvalue weighted by Gasteiger charge is -2.16. The fraction of sp³-hybridized carbons (Fsp3) is 0.300. The van der Waals surface area contributed by atoms with Crippen molar-refractivity contribution < 1.29 is 14.5 Å². The van der Waals surface area contributed by atoms with Crippen molar-refractivity contribution >= 4 is 46.2 Å². The van der Waals surface area contributed by atoms with Gasteiger partial charge in [-0.3, -0.25) is 29.3 Å². The highest BCUT2D eigenvalue weighted by atomic mass is 32.2. The normalized spacial score (nSPS) is 17.2. The molecule has 0 saturated heterocycles. The van der Waals surface area contributed by atoms with Gasteiger partial charge in [-0.1, -0.05) is 17.8 Å². The molecule has 1 aromatic heterocycles. The highest BCUT2D eigenvalue weighted by Gasteiger charge is 2.41. The van der Waals surface area contributed by atoms with Crippen molar-refractivity contribution in [3.63, 3.8) is 0 Å². The van der Waals surface area contributed by atoms with Crippen LogP contribution in [0.25, 0.3) is 6.08 Å². The third kappa shape index (κ3) is 4.66. The van der Waals surface area contributed by atoms with Gasteiger partial charge in [-0.25, -0.2) is 4.99 Å². The minimum atomic E-state index is -0.519. The number of benzene rings is 1. The molecular formula is C20H20N6O4S. The number of nitrogens with zero attached hydrogens (tertiary/aromatic N) is 5. The summed E-state index contributed by atoms with van der Waals surface area (Å²) in [7, 11) is 1.81. The highest BCUT2D eigenvalue weighted by Crippen LogP contribution is 2.35. The molecule has 1 aromatic carbocycles. The summed E-state index contributed by atoms with van der Waals surface area (Å²) in [6, 6.07) is 5.85. The van der Waals surface area contributed by atoms with E-state index < -0.39 is 4.92 Å². The van der Waals surface area contributed by atoms with E-state index in [1.165, 1.54) is 30.0 Å². The summed E-state index contributed by atoms with van der Waals surface area (Å²) in [5.41, 5.74) is 2.19. The number of nitro benzene ring substituents is 1. The molecule has 2 heterocycles. The number of carbonyl (C=O) groups is 2. The molecule has 31 heavy (non-hydrogen) atoms. The van der Waals surface area contributed by atoms with Gasteiger partial charge >= 0.3 is 0 Å². The number of amides is 2. The molecule has 160 valence electrons. The van der Waals surface area contributed by atoms with Crippen LogP contribution in [0.1, 0.15) is 24.1 Å². The second-order valence-electron chi connectivity index (χ2n) is 7.32. The van der Waals surface area contributed by atoms with E-state index in [-0.39, 0.29) is 29.3 Å². The third-order valence-corrected chi connectivity index (χ3v) is 5.74. The average Bonchev–Trinajstić information content (AvgIpc) is 3.43. The van der Waals surface area contributed by atoms with Crippen LogP contribution in [-0.2, 0) is 16.6 Å². The molecule has 2 aromatic rings. The molecule has 1 saturated carbocycles. The van der Waals surface area contributed by atoms with Crippen LogP contribution in [0.4, 0.5) is 11.4 Å². The Balaban J connectivity index is 1.46. The molecule has 0 bridgehead atoms. The molecule has 0 spiro atoms. The number of aliphatic imine (C=N–C) groups is 1. The van der Waals surface area contributed by atoms with E-state index in [9.17, 15) is 19.7 Å². The molecule has 1 aliphatic heterocycles. The number of hydrogen-bond donors (Lipinski definition) is 1. The fourth-order valence-electron chi connectivity index (χ4n) is 3.20. The van der Waals surface area contributed by atoms with Gasteiger partial charge in [0.15, 0.2) is 5.17 Å². The van der Waals surface area contributed by atoms with E-state index in [0.717, 1.165) is 24.1 Å². The van der Waals surface area contributed by atoms with Gasteiger partial charge in [0.2, 0.25) is 5.91 Å². The first-order chi connectivity index (χ1) is 14.8. The van der Waals surface area contributed by atoms with Gasteiger partial charge in [-0.2, -0.15) is 5.10 Å². The van der Waals surface area contributed by atoms with Gasteiger partial charge in [0.05, 0.1) is 16.4 Å². The lowest BCUT2D eigenvalue weighted by Crippen LogP contribution is -2.33. The first-order valence-corrected chi connectivity index (χ1v) is 10.6. The van der Waals surface area contributed by atoms with Gasteiger partial charge in [-0.05, 0) is 31.9 Å². The van der Waals surface area contributed by atoms with Crippen LogP contribution in [0.15, 0.2) is 41.2 Å². The Kier molecular flexibility index (Phi) is 5.59. The Morgan fingerprint density at radius 2 is 2.19 bits per heavy atom. The zero-order chi connectivity index (χ0) is 22.1. The summed E-state index contributed by atoms with van der Waals surface area (Å²) in [5.74, 6) is -0.485. The monoisotopic (exact) mass is 440 g/mol. The zero-order valence-electron chi connectivity index (χ0n) is 16.9. The van der Waals surface area contributed by atoms with E-state index in [0.29, 0.717) is 16.6 Å². The summed E-state index contributed by atoms with van der Waals surface area (Å²) in [5, 5.41) is 18.3. The maximum absolute atomic E-state index is 12.9. The van der Waals surface area contributed by atoms with Gasteiger partial charge in [-0.15, -0.1) is 0 Å². The van der Waals surface area contributed by atoms with E-state index in [2.05, 4.69) is 15.4 Å². The summed E-state index contributed by atoms with van der Waals surface area (Å²) in [4.78, 5) is 41.8. The number of nitrogens with one attached hydrogen (secondary N) is 1. The first-order valence-electron chi connectivity index (χ1n) is 9.63. The zero-order valence-corrected chi connectivity index (χ0v) is 17.8. The molecule has 1 N–H and O–H groups in total. The molecule has 0 unspecified atom stereocenters. The van der Waals surface area contributed by atoms with Crippen molar-refractivity contribution in [3.8, 4) is 0 Å². The quantitative estimate of drug-likeness (QED) is 0.419. The number of hydrogen-bond acceptors (Lipinski definition) is 7. The number of amidine groups is 1. The molecule has 4 rings (SSSR count). The van der Waals surface area contributed by atoms with Crippen molar-refractivity contribution in [2.45, 2.75) is 25.8 Å². The number of aryl methyl sites for hydroxylation is 2. The van der Waals surface area contributed by atoms with E-state index >= 15 is 0 Å². The van der Waals surface area contributed by atoms with E-state index in [4.69, 9.17) is 0 Å². The lowest BCUT2D eigenvalue weighted by molar-refractivity contribution is -0.384. The molecule has 11 heteroatoms. The van der Waals surface area contributed by atoms with Crippen LogP contribution in [0, 0.1) is 17.0 Å². The SMILES string of the molecule is Cc1nn(C)cc1C=C1N=C(SCC(=O)Nc2cccc([N+](=O)[O-])c2)N(C2CC2)C1=O. The largest absolute Gasteiger partial charge is 0.325 e. The maximum atomic E-state index is 12.9. The number of nitro groups is 1. The van der Waals surface area contributed by atoms with Gasteiger partial charge in [0.25, 0.3) is 11.6 Å². The predicted molar refractivity (Wildman–Crippen MR) is 117 cm³/mol. The summed E-state index contributed by atoms with van der Waals surface area (Å²) >= 11 is 1.17. The van der Waals surface area contributed by atoms with Crippen LogP contribution in [0.5, 0.6) is 0 Å². The Labute approximate surface area is 182 Å². The molecular weight excluding hydrogens is 420 g/mol. The van der Waals surface area contributed by atoms with E-state index in [1.54, 1.807) is 21.7 Å². The van der Waals surface area contributed by atoms with Crippen LogP contribution in [-0.4, -0.2) is 48.4 Å². The Morgan fingerprint density at radius 1 is 1.42 bits per heavy atom. The fourth-order valence-corrected chi connectivity index (χ4v) is 4.06. The Morgan fingerprint density at radius 3 is 2.84 bits per heavy atom. The number of non-ortho nitro benzene ring substituents is 1. The summed E-state index contributed by atoms with van der Waals surface area (Å²) < 4.78 is 1.68. The number of aromatic nitrogens is 2. The number of thioether (sulfide) groups is 1. The molecule has 1 aliphatic carbocycles. The summed E-state index contributed by atoms with van der Waals surface area (Å²) in [6.45, 7) is 1.86. The average molecular weight is 440 g/mol. The predicted octanol–water partition coefficient (Wildman–Crippen LogP) is 2.71. The van der Waals surface area contributed by atoms with Crippen LogP contribution in [0.3, 0.4) is 0 Å². The minimum absolute atomic E-state index is 0.0250. The standard InChI is InChI=1S/C20H20N6O4S/c1-12-13(10-24(2)23-12)8-17-19(28)25(15-6-7-15)20(22-17)31-11-18(27)21-14-4-3-5-16(9-14)26(29)30/h3-5,8-10,15H,6-7,11H2,1-2H3,(H,21,27). The van der Waals surface area contributed by atoms with Crippen molar-refractivity contribution in [2.24, 2.45) is 12.0 Å². The van der Waals surface area contributed by atoms with E-state index in [1.807, 2.05) is 20.2 Å². The Bertz CT molecular complexity index is 1130. The van der Waals surface area contributed by atoms with Crippen LogP contribution in [0.2, 0.25) is 0 Å². The van der Waals surface area contributed by atoms with Crippen LogP contribution < -0.4 is 5.32 Å². The maximum Gasteiger partial charge on any atom is 0.278 e.